The molecule has 5 heteroatoms. The summed E-state index contributed by atoms with van der Waals surface area (Å²) in [6, 6.07) is 1.54. The Morgan fingerprint density at radius 2 is 1.48 bits per heavy atom. The zero-order valence-corrected chi connectivity index (χ0v) is 17.7. The highest BCUT2D eigenvalue weighted by Gasteiger charge is 2.48. The molecule has 2 saturated heterocycles. The van der Waals surface area contributed by atoms with Crippen molar-refractivity contribution in [1.82, 2.24) is 19.8 Å². The van der Waals surface area contributed by atoms with Crippen molar-refractivity contribution < 1.29 is 0 Å². The zero-order valence-electron chi connectivity index (χ0n) is 17.7. The first-order chi connectivity index (χ1) is 13.0. The van der Waals surface area contributed by atoms with Gasteiger partial charge in [-0.25, -0.2) is 9.97 Å². The summed E-state index contributed by atoms with van der Waals surface area (Å²) < 4.78 is 0. The van der Waals surface area contributed by atoms with Crippen molar-refractivity contribution in [2.24, 2.45) is 5.41 Å². The molecule has 27 heavy (non-hydrogen) atoms. The molecule has 3 aliphatic rings. The van der Waals surface area contributed by atoms with Gasteiger partial charge in [-0.2, -0.15) is 0 Å². The standard InChI is InChI=1S/C22H37N5/c1-17(2)21-23-15-20(16-24-21)27-11-9-26(10-12-27)19-13-22(14-19)5-7-25(8-6-22)18(3)4/h15-19H,5-14H2,1-4H3. The maximum absolute atomic E-state index is 4.54. The Morgan fingerprint density at radius 1 is 0.889 bits per heavy atom. The summed E-state index contributed by atoms with van der Waals surface area (Å²) in [6.07, 6.45) is 9.73. The smallest absolute Gasteiger partial charge is 0.130 e. The fraction of sp³-hybridized carbons (Fsp3) is 0.818. The summed E-state index contributed by atoms with van der Waals surface area (Å²) in [5.41, 5.74) is 1.86. The number of aromatic nitrogens is 2. The third-order valence-corrected chi connectivity index (χ3v) is 7.30. The van der Waals surface area contributed by atoms with Gasteiger partial charge in [0.05, 0.1) is 18.1 Å². The summed E-state index contributed by atoms with van der Waals surface area (Å²) in [4.78, 5) is 16.9. The maximum atomic E-state index is 4.54. The van der Waals surface area contributed by atoms with E-state index in [1.165, 1.54) is 57.5 Å². The monoisotopic (exact) mass is 371 g/mol. The van der Waals surface area contributed by atoms with Gasteiger partial charge in [0, 0.05) is 44.2 Å². The van der Waals surface area contributed by atoms with E-state index in [0.29, 0.717) is 17.4 Å². The number of piperidine rings is 1. The van der Waals surface area contributed by atoms with Gasteiger partial charge in [-0.1, -0.05) is 13.8 Å². The summed E-state index contributed by atoms with van der Waals surface area (Å²) >= 11 is 0. The van der Waals surface area contributed by atoms with Crippen LogP contribution in [-0.2, 0) is 0 Å². The average molecular weight is 372 g/mol. The SMILES string of the molecule is CC(C)c1ncc(N2CCN(C3CC4(CCN(C(C)C)CC4)C3)CC2)cn1. The van der Waals surface area contributed by atoms with Crippen LogP contribution in [0, 0.1) is 5.41 Å². The Balaban J connectivity index is 1.24. The van der Waals surface area contributed by atoms with E-state index < -0.39 is 0 Å². The summed E-state index contributed by atoms with van der Waals surface area (Å²) in [7, 11) is 0. The topological polar surface area (TPSA) is 35.5 Å². The third-order valence-electron chi connectivity index (χ3n) is 7.30. The molecule has 150 valence electrons. The first-order valence-corrected chi connectivity index (χ1v) is 11.0. The minimum Gasteiger partial charge on any atom is -0.366 e. The molecule has 0 amide bonds. The highest BCUT2D eigenvalue weighted by molar-refractivity contribution is 5.42. The molecule has 0 unspecified atom stereocenters. The molecule has 0 aromatic carbocycles. The molecule has 1 aromatic heterocycles. The molecule has 5 nitrogen and oxygen atoms in total. The average Bonchev–Trinajstić information content (AvgIpc) is 2.66. The molecular weight excluding hydrogens is 334 g/mol. The number of rotatable bonds is 4. The third kappa shape index (κ3) is 4.00. The first kappa shape index (κ1) is 19.1. The van der Waals surface area contributed by atoms with E-state index in [2.05, 4.69) is 52.4 Å². The van der Waals surface area contributed by atoms with Crippen LogP contribution in [0.25, 0.3) is 0 Å². The molecule has 2 aliphatic heterocycles. The van der Waals surface area contributed by atoms with E-state index in [-0.39, 0.29) is 0 Å². The van der Waals surface area contributed by atoms with Gasteiger partial charge in [0.15, 0.2) is 0 Å². The summed E-state index contributed by atoms with van der Waals surface area (Å²) in [5.74, 6) is 1.34. The van der Waals surface area contributed by atoms with Crippen molar-refractivity contribution in [3.05, 3.63) is 18.2 Å². The lowest BCUT2D eigenvalue weighted by atomic mass is 9.60. The van der Waals surface area contributed by atoms with Gasteiger partial charge in [-0.05, 0) is 58.0 Å². The first-order valence-electron chi connectivity index (χ1n) is 11.0. The van der Waals surface area contributed by atoms with Gasteiger partial charge in [0.1, 0.15) is 5.82 Å². The molecule has 1 aromatic rings. The number of hydrogen-bond acceptors (Lipinski definition) is 5. The van der Waals surface area contributed by atoms with Crippen molar-refractivity contribution in [2.75, 3.05) is 44.2 Å². The van der Waals surface area contributed by atoms with Crippen molar-refractivity contribution in [2.45, 2.75) is 71.4 Å². The molecule has 3 fully saturated rings. The van der Waals surface area contributed by atoms with Crippen molar-refractivity contribution in [3.63, 3.8) is 0 Å². The fourth-order valence-corrected chi connectivity index (χ4v) is 5.26. The predicted molar refractivity (Wildman–Crippen MR) is 111 cm³/mol. The minimum absolute atomic E-state index is 0.397. The molecule has 1 spiro atoms. The van der Waals surface area contributed by atoms with Gasteiger partial charge in [-0.3, -0.25) is 4.90 Å². The molecular formula is C22H37N5. The zero-order chi connectivity index (χ0) is 19.0. The second-order valence-corrected chi connectivity index (χ2v) is 9.67. The largest absolute Gasteiger partial charge is 0.366 e. The maximum Gasteiger partial charge on any atom is 0.130 e. The summed E-state index contributed by atoms with van der Waals surface area (Å²) in [6.45, 7) is 16.2. The van der Waals surface area contributed by atoms with Crippen LogP contribution < -0.4 is 4.90 Å². The fourth-order valence-electron chi connectivity index (χ4n) is 5.26. The number of hydrogen-bond donors (Lipinski definition) is 0. The number of nitrogens with zero attached hydrogens (tertiary/aromatic N) is 5. The predicted octanol–water partition coefficient (Wildman–Crippen LogP) is 3.38. The number of piperazine rings is 1. The van der Waals surface area contributed by atoms with Crippen LogP contribution in [-0.4, -0.2) is 71.1 Å². The van der Waals surface area contributed by atoms with E-state index in [1.54, 1.807) is 0 Å². The molecule has 1 saturated carbocycles. The number of anilines is 1. The van der Waals surface area contributed by atoms with Gasteiger partial charge in [0.2, 0.25) is 0 Å². The van der Waals surface area contributed by atoms with Crippen molar-refractivity contribution in [1.29, 1.82) is 0 Å². The molecule has 4 rings (SSSR count). The van der Waals surface area contributed by atoms with Crippen LogP contribution >= 0.6 is 0 Å². The lowest BCUT2D eigenvalue weighted by molar-refractivity contribution is -0.0486. The molecule has 0 bridgehead atoms. The van der Waals surface area contributed by atoms with E-state index in [1.807, 2.05) is 12.4 Å². The van der Waals surface area contributed by atoms with E-state index in [0.717, 1.165) is 25.0 Å². The Kier molecular flexibility index (Phi) is 5.43. The van der Waals surface area contributed by atoms with Crippen LogP contribution in [0.1, 0.15) is 65.1 Å². The van der Waals surface area contributed by atoms with E-state index in [4.69, 9.17) is 0 Å². The van der Waals surface area contributed by atoms with Crippen LogP contribution in [0.2, 0.25) is 0 Å². The van der Waals surface area contributed by atoms with Crippen LogP contribution in [0.5, 0.6) is 0 Å². The van der Waals surface area contributed by atoms with E-state index in [9.17, 15) is 0 Å². The molecule has 0 atom stereocenters. The molecule has 0 N–H and O–H groups in total. The lowest BCUT2D eigenvalue weighted by Gasteiger charge is -2.56. The Bertz CT molecular complexity index is 602. The second-order valence-electron chi connectivity index (χ2n) is 9.67. The molecule has 1 aliphatic carbocycles. The Morgan fingerprint density at radius 3 is 2.00 bits per heavy atom. The highest BCUT2D eigenvalue weighted by Crippen LogP contribution is 2.51. The van der Waals surface area contributed by atoms with Gasteiger partial charge >= 0.3 is 0 Å². The Labute approximate surface area is 165 Å². The molecule has 0 radical (unpaired) electrons. The van der Waals surface area contributed by atoms with Crippen LogP contribution in [0.15, 0.2) is 12.4 Å². The Hall–Kier alpha value is -1.20. The second kappa shape index (κ2) is 7.67. The minimum atomic E-state index is 0.397. The quantitative estimate of drug-likeness (QED) is 0.811. The lowest BCUT2D eigenvalue weighted by Crippen LogP contribution is -2.59. The van der Waals surface area contributed by atoms with E-state index >= 15 is 0 Å². The molecule has 3 heterocycles. The van der Waals surface area contributed by atoms with Gasteiger partial charge in [0.25, 0.3) is 0 Å². The summed E-state index contributed by atoms with van der Waals surface area (Å²) in [5, 5.41) is 0. The van der Waals surface area contributed by atoms with Crippen molar-refractivity contribution >= 4 is 5.69 Å². The van der Waals surface area contributed by atoms with Crippen LogP contribution in [0.4, 0.5) is 5.69 Å². The normalized spacial score (nSPS) is 24.7. The number of likely N-dealkylation sites (tertiary alicyclic amines) is 1. The van der Waals surface area contributed by atoms with Crippen LogP contribution in [0.3, 0.4) is 0 Å². The van der Waals surface area contributed by atoms with Gasteiger partial charge < -0.3 is 9.80 Å². The van der Waals surface area contributed by atoms with Gasteiger partial charge in [-0.15, -0.1) is 0 Å². The highest BCUT2D eigenvalue weighted by atomic mass is 15.3. The van der Waals surface area contributed by atoms with Crippen molar-refractivity contribution in [3.8, 4) is 0 Å².